The highest BCUT2D eigenvalue weighted by Gasteiger charge is 2.29. The molecule has 1 unspecified atom stereocenters. The first-order chi connectivity index (χ1) is 18.7. The van der Waals surface area contributed by atoms with E-state index in [2.05, 4.69) is 25.2 Å². The van der Waals surface area contributed by atoms with Crippen molar-refractivity contribution in [2.24, 2.45) is 0 Å². The third kappa shape index (κ3) is 4.93. The number of tetrazole rings is 1. The number of imidazole rings is 1. The summed E-state index contributed by atoms with van der Waals surface area (Å²) in [5, 5.41) is 12.3. The Bertz CT molecular complexity index is 1870. The summed E-state index contributed by atoms with van der Waals surface area (Å²) in [6.07, 6.45) is 3.89. The van der Waals surface area contributed by atoms with Gasteiger partial charge in [-0.05, 0) is 65.2 Å². The fourth-order valence-electron chi connectivity index (χ4n) is 4.85. The van der Waals surface area contributed by atoms with Gasteiger partial charge in [-0.3, -0.25) is 9.52 Å². The minimum atomic E-state index is -3.39. The Balaban J connectivity index is 1.34. The van der Waals surface area contributed by atoms with E-state index in [4.69, 9.17) is 28.2 Å². The highest BCUT2D eigenvalue weighted by Crippen LogP contribution is 2.36. The summed E-state index contributed by atoms with van der Waals surface area (Å²) in [4.78, 5) is 21.3. The highest BCUT2D eigenvalue weighted by molar-refractivity contribution is 7.92. The summed E-state index contributed by atoms with van der Waals surface area (Å²) in [6.45, 7) is 0. The number of rotatable bonds is 6. The molecular weight excluding hydrogens is 563 g/mol. The van der Waals surface area contributed by atoms with Gasteiger partial charge in [-0.25, -0.2) is 13.4 Å². The zero-order chi connectivity index (χ0) is 27.3. The standard InChI is InChI=1S/C25H20Cl2N8O3S/c1-39(37,38)31-17-5-2-14(3-6-17)23-24(27)30-25(29-23)21-9-7-18-10-15(11-22(36)35(18)21)19-12-16(26)4-8-20(19)34-13-28-32-33-34/h2-6,8,10-13,21,31H,7,9H2,1H3,(H,29,30). The number of pyridine rings is 1. The second-order valence-electron chi connectivity index (χ2n) is 9.15. The van der Waals surface area contributed by atoms with Crippen LogP contribution in [0.3, 0.4) is 0 Å². The molecule has 0 fully saturated rings. The molecule has 0 bridgehead atoms. The normalized spacial score (nSPS) is 14.9. The average Bonchev–Trinajstić information content (AvgIpc) is 3.63. The first-order valence-corrected chi connectivity index (χ1v) is 14.4. The summed E-state index contributed by atoms with van der Waals surface area (Å²) in [5.41, 5.74) is 4.47. The van der Waals surface area contributed by atoms with Gasteiger partial charge in [-0.15, -0.1) is 5.10 Å². The molecule has 6 rings (SSSR count). The lowest BCUT2D eigenvalue weighted by atomic mass is 10.0. The molecule has 0 amide bonds. The number of anilines is 1. The molecule has 0 aliphatic carbocycles. The average molecular weight is 583 g/mol. The van der Waals surface area contributed by atoms with Gasteiger partial charge >= 0.3 is 0 Å². The number of nitrogens with zero attached hydrogens (tertiary/aromatic N) is 6. The number of benzene rings is 2. The van der Waals surface area contributed by atoms with Crippen LogP contribution in [0.15, 0.2) is 65.7 Å². The smallest absolute Gasteiger partial charge is 0.252 e. The van der Waals surface area contributed by atoms with Gasteiger partial charge in [0.15, 0.2) is 0 Å². The van der Waals surface area contributed by atoms with Crippen LogP contribution in [0.1, 0.15) is 24.0 Å². The van der Waals surface area contributed by atoms with E-state index in [1.54, 1.807) is 53.1 Å². The first kappa shape index (κ1) is 25.3. The molecular formula is C25H20Cl2N8O3S. The molecule has 4 heterocycles. The Hall–Kier alpha value is -4.00. The fraction of sp³-hybridized carbons (Fsp3) is 0.160. The van der Waals surface area contributed by atoms with E-state index < -0.39 is 10.0 Å². The molecule has 3 aromatic heterocycles. The van der Waals surface area contributed by atoms with Crippen molar-refractivity contribution in [3.63, 3.8) is 0 Å². The maximum atomic E-state index is 13.4. The van der Waals surface area contributed by atoms with Crippen molar-refractivity contribution in [1.82, 2.24) is 34.7 Å². The van der Waals surface area contributed by atoms with Gasteiger partial charge in [0.25, 0.3) is 5.56 Å². The molecule has 5 aromatic rings. The van der Waals surface area contributed by atoms with Crippen LogP contribution >= 0.6 is 23.2 Å². The predicted octanol–water partition coefficient (Wildman–Crippen LogP) is 4.10. The molecule has 0 saturated carbocycles. The molecule has 0 radical (unpaired) electrons. The first-order valence-electron chi connectivity index (χ1n) is 11.8. The number of fused-ring (bicyclic) bond motifs is 1. The minimum Gasteiger partial charge on any atom is -0.331 e. The number of nitrogens with one attached hydrogen (secondary N) is 2. The summed E-state index contributed by atoms with van der Waals surface area (Å²) in [5.74, 6) is 0.569. The van der Waals surface area contributed by atoms with E-state index in [0.29, 0.717) is 57.0 Å². The number of halogens is 2. The van der Waals surface area contributed by atoms with Gasteiger partial charge in [0.2, 0.25) is 10.0 Å². The van der Waals surface area contributed by atoms with Gasteiger partial charge in [0, 0.05) is 33.6 Å². The molecule has 1 atom stereocenters. The zero-order valence-corrected chi connectivity index (χ0v) is 22.7. The van der Waals surface area contributed by atoms with Crippen molar-refractivity contribution >= 4 is 38.9 Å². The Kier molecular flexibility index (Phi) is 6.25. The van der Waals surface area contributed by atoms with Crippen LogP contribution < -0.4 is 10.3 Å². The lowest BCUT2D eigenvalue weighted by Crippen LogP contribution is -2.24. The zero-order valence-electron chi connectivity index (χ0n) is 20.3. The SMILES string of the molecule is CS(=O)(=O)Nc1ccc(-c2nc(C3CCc4cc(-c5cc(Cl)ccc5-n5cnnn5)cc(=O)n43)[nH]c2Cl)cc1. The third-order valence-electron chi connectivity index (χ3n) is 6.45. The molecule has 198 valence electrons. The molecule has 39 heavy (non-hydrogen) atoms. The molecule has 1 aliphatic rings. The minimum absolute atomic E-state index is 0.182. The van der Waals surface area contributed by atoms with Crippen LogP contribution in [0.4, 0.5) is 5.69 Å². The quantitative estimate of drug-likeness (QED) is 0.307. The van der Waals surface area contributed by atoms with E-state index in [-0.39, 0.29) is 11.6 Å². The van der Waals surface area contributed by atoms with Crippen LogP contribution in [-0.4, -0.2) is 49.4 Å². The maximum Gasteiger partial charge on any atom is 0.252 e. The van der Waals surface area contributed by atoms with E-state index in [1.165, 1.54) is 11.0 Å². The number of aromatic nitrogens is 7. The lowest BCUT2D eigenvalue weighted by molar-refractivity contribution is 0.572. The Labute approximate surface area is 232 Å². The van der Waals surface area contributed by atoms with Gasteiger partial charge in [-0.2, -0.15) is 4.68 Å². The molecule has 0 saturated heterocycles. The molecule has 11 nitrogen and oxygen atoms in total. The van der Waals surface area contributed by atoms with E-state index in [1.807, 2.05) is 6.07 Å². The van der Waals surface area contributed by atoms with Crippen LogP contribution in [0, 0.1) is 0 Å². The van der Waals surface area contributed by atoms with Crippen molar-refractivity contribution in [2.45, 2.75) is 18.9 Å². The van der Waals surface area contributed by atoms with Crippen molar-refractivity contribution in [2.75, 3.05) is 11.0 Å². The third-order valence-corrected chi connectivity index (χ3v) is 7.57. The van der Waals surface area contributed by atoms with E-state index in [0.717, 1.165) is 17.5 Å². The summed E-state index contributed by atoms with van der Waals surface area (Å²) in [7, 11) is -3.39. The predicted molar refractivity (Wildman–Crippen MR) is 148 cm³/mol. The lowest BCUT2D eigenvalue weighted by Gasteiger charge is -2.15. The Morgan fingerprint density at radius 3 is 2.56 bits per heavy atom. The van der Waals surface area contributed by atoms with Gasteiger partial charge in [-0.1, -0.05) is 35.3 Å². The van der Waals surface area contributed by atoms with Gasteiger partial charge < -0.3 is 9.55 Å². The van der Waals surface area contributed by atoms with Gasteiger partial charge in [0.1, 0.15) is 23.0 Å². The fourth-order valence-corrected chi connectivity index (χ4v) is 5.83. The van der Waals surface area contributed by atoms with Crippen molar-refractivity contribution in [3.05, 3.63) is 93.0 Å². The second kappa shape index (κ2) is 9.63. The summed E-state index contributed by atoms with van der Waals surface area (Å²) >= 11 is 12.8. The number of aryl methyl sites for hydroxylation is 1. The van der Waals surface area contributed by atoms with Gasteiger partial charge in [0.05, 0.1) is 18.0 Å². The van der Waals surface area contributed by atoms with Crippen molar-refractivity contribution in [1.29, 1.82) is 0 Å². The summed E-state index contributed by atoms with van der Waals surface area (Å²) < 4.78 is 28.6. The largest absolute Gasteiger partial charge is 0.331 e. The second-order valence-corrected chi connectivity index (χ2v) is 11.7. The molecule has 1 aliphatic heterocycles. The van der Waals surface area contributed by atoms with Crippen LogP contribution in [0.2, 0.25) is 10.2 Å². The van der Waals surface area contributed by atoms with Crippen LogP contribution in [0.5, 0.6) is 0 Å². The van der Waals surface area contributed by atoms with Crippen LogP contribution in [-0.2, 0) is 16.4 Å². The monoisotopic (exact) mass is 582 g/mol. The molecule has 2 aromatic carbocycles. The summed E-state index contributed by atoms with van der Waals surface area (Å²) in [6, 6.07) is 15.3. The van der Waals surface area contributed by atoms with E-state index >= 15 is 0 Å². The number of hydrogen-bond donors (Lipinski definition) is 2. The number of aromatic amines is 1. The van der Waals surface area contributed by atoms with E-state index in [9.17, 15) is 13.2 Å². The molecule has 0 spiro atoms. The highest BCUT2D eigenvalue weighted by atomic mass is 35.5. The number of hydrogen-bond acceptors (Lipinski definition) is 7. The molecule has 2 N–H and O–H groups in total. The topological polar surface area (TPSA) is 140 Å². The van der Waals surface area contributed by atoms with Crippen molar-refractivity contribution < 1.29 is 8.42 Å². The Morgan fingerprint density at radius 2 is 1.85 bits per heavy atom. The molecule has 14 heteroatoms. The number of H-pyrrole nitrogens is 1. The Morgan fingerprint density at radius 1 is 1.05 bits per heavy atom. The number of sulfonamides is 1. The maximum absolute atomic E-state index is 13.4. The van der Waals surface area contributed by atoms with Crippen LogP contribution in [0.25, 0.3) is 28.1 Å². The van der Waals surface area contributed by atoms with Crippen molar-refractivity contribution in [3.8, 4) is 28.1 Å².